The monoisotopic (exact) mass is 286 g/mol. The third-order valence-electron chi connectivity index (χ3n) is 3.66. The summed E-state index contributed by atoms with van der Waals surface area (Å²) >= 11 is 0. The quantitative estimate of drug-likeness (QED) is 0.868. The van der Waals surface area contributed by atoms with E-state index in [0.717, 1.165) is 11.3 Å². The van der Waals surface area contributed by atoms with Gasteiger partial charge in [0.25, 0.3) is 0 Å². The Hall–Kier alpha value is -2.36. The molecule has 1 saturated heterocycles. The van der Waals surface area contributed by atoms with Crippen LogP contribution in [0.4, 0.5) is 0 Å². The number of pyridine rings is 1. The molecule has 2 heterocycles. The molecule has 3 rings (SSSR count). The van der Waals surface area contributed by atoms with Gasteiger partial charge in [-0.25, -0.2) is 0 Å². The minimum Gasteiger partial charge on any atom is -0.497 e. The molecule has 0 bridgehead atoms. The highest BCUT2D eigenvalue weighted by Crippen LogP contribution is 2.33. The Balaban J connectivity index is 1.93. The number of nitrogens with zero attached hydrogens (tertiary/aromatic N) is 2. The van der Waals surface area contributed by atoms with Gasteiger partial charge in [-0.3, -0.25) is 9.78 Å². The average molecular weight is 286 g/mol. The van der Waals surface area contributed by atoms with Crippen molar-refractivity contribution < 1.29 is 15.0 Å². The lowest BCUT2D eigenvalue weighted by molar-refractivity contribution is -0.129. The number of rotatable bonds is 4. The molecule has 1 aromatic heterocycles. The van der Waals surface area contributed by atoms with Crippen LogP contribution in [0.3, 0.4) is 0 Å². The van der Waals surface area contributed by atoms with Crippen molar-refractivity contribution in [3.05, 3.63) is 59.8 Å². The number of aromatic nitrogens is 1. The van der Waals surface area contributed by atoms with E-state index in [4.69, 9.17) is 10.2 Å². The van der Waals surface area contributed by atoms with Crippen LogP contribution in [0.2, 0.25) is 0 Å². The maximum absolute atomic E-state index is 12.3. The van der Waals surface area contributed by atoms with E-state index in [1.54, 1.807) is 12.0 Å². The van der Waals surface area contributed by atoms with Gasteiger partial charge in [-0.05, 0) is 35.7 Å². The first kappa shape index (κ1) is 9.55. The Bertz CT molecular complexity index is 811. The van der Waals surface area contributed by atoms with Crippen molar-refractivity contribution in [3.8, 4) is 5.75 Å². The molecule has 1 aromatic carbocycles. The highest BCUT2D eigenvalue weighted by atomic mass is 16.5. The van der Waals surface area contributed by atoms with Gasteiger partial charge in [-0.15, -0.1) is 0 Å². The predicted molar refractivity (Wildman–Crippen MR) is 79.8 cm³/mol. The van der Waals surface area contributed by atoms with Crippen molar-refractivity contribution in [2.45, 2.75) is 25.4 Å². The zero-order valence-corrected chi connectivity index (χ0v) is 11.7. The lowest BCUT2D eigenvalue weighted by Crippen LogP contribution is -2.27. The summed E-state index contributed by atoms with van der Waals surface area (Å²) in [5.41, 5.74) is 1.16. The molecule has 21 heavy (non-hydrogen) atoms. The summed E-state index contributed by atoms with van der Waals surface area (Å²) in [7, 11) is 1.59. The van der Waals surface area contributed by atoms with Crippen LogP contribution in [0.5, 0.6) is 5.75 Å². The van der Waals surface area contributed by atoms with Crippen LogP contribution in [0.15, 0.2) is 48.7 Å². The minimum absolute atomic E-state index is 0.0545. The van der Waals surface area contributed by atoms with Gasteiger partial charge in [-0.2, -0.15) is 0 Å². The minimum atomic E-state index is -0.466. The molecule has 4 nitrogen and oxygen atoms in total. The van der Waals surface area contributed by atoms with E-state index in [1.807, 2.05) is 24.3 Å². The van der Waals surface area contributed by atoms with E-state index in [2.05, 4.69) is 4.98 Å². The number of amides is 1. The van der Waals surface area contributed by atoms with Crippen LogP contribution in [0.1, 0.15) is 35.5 Å². The molecule has 4 heteroatoms. The van der Waals surface area contributed by atoms with Gasteiger partial charge in [-0.1, -0.05) is 18.2 Å². The second-order valence-electron chi connectivity index (χ2n) is 4.92. The number of carbonyl (C=O) groups is 1. The first-order valence-corrected chi connectivity index (χ1v) is 6.79. The molecule has 108 valence electrons. The number of benzene rings is 1. The fourth-order valence-corrected chi connectivity index (χ4v) is 2.56. The maximum Gasteiger partial charge on any atom is 0.223 e. The second kappa shape index (κ2) is 5.95. The van der Waals surface area contributed by atoms with Crippen molar-refractivity contribution in [3.63, 3.8) is 0 Å². The molecule has 0 spiro atoms. The molecule has 2 aromatic rings. The Morgan fingerprint density at radius 3 is 3.00 bits per heavy atom. The molecule has 1 atom stereocenters. The molecular weight excluding hydrogens is 264 g/mol. The summed E-state index contributed by atoms with van der Waals surface area (Å²) in [4.78, 5) is 17.7. The fraction of sp³-hybridized carbons (Fsp3) is 0.294. The second-order valence-corrected chi connectivity index (χ2v) is 4.92. The molecule has 0 radical (unpaired) electrons. The summed E-state index contributed by atoms with van der Waals surface area (Å²) < 4.78 is 36.6. The van der Waals surface area contributed by atoms with Crippen molar-refractivity contribution in [1.29, 1.82) is 0 Å². The van der Waals surface area contributed by atoms with Crippen LogP contribution in [-0.4, -0.2) is 22.9 Å². The molecule has 0 aliphatic carbocycles. The Kier molecular flexibility index (Phi) is 2.71. The smallest absolute Gasteiger partial charge is 0.223 e. The summed E-state index contributed by atoms with van der Waals surface area (Å²) in [6.07, 6.45) is 0.219. The number of hydrogen-bond donors (Lipinski definition) is 0. The SMILES string of the molecule is [2H]c1nc([2H])c(C2CCC(=O)N2Cc2ccc(OC)cc2)c([2H])c1[2H]. The molecule has 1 unspecified atom stereocenters. The summed E-state index contributed by atoms with van der Waals surface area (Å²) in [5.74, 6) is 0.671. The molecule has 1 aliphatic rings. The molecule has 1 aliphatic heterocycles. The standard InChI is InChI=1S/C17H18N2O2/c1-21-15-6-4-13(5-7-15)12-19-16(8-9-17(19)20)14-3-2-10-18-11-14/h2-7,10-11,16H,8-9,12H2,1H3/i2D,3D,10D,11D. The van der Waals surface area contributed by atoms with Gasteiger partial charge in [0, 0.05) is 25.3 Å². The van der Waals surface area contributed by atoms with E-state index >= 15 is 0 Å². The van der Waals surface area contributed by atoms with E-state index in [0.29, 0.717) is 19.4 Å². The summed E-state index contributed by atoms with van der Waals surface area (Å²) in [5, 5.41) is 0. The highest BCUT2D eigenvalue weighted by molar-refractivity contribution is 5.79. The number of carbonyl (C=O) groups excluding carboxylic acids is 1. The Morgan fingerprint density at radius 1 is 1.43 bits per heavy atom. The summed E-state index contributed by atoms with van der Waals surface area (Å²) in [6, 6.07) is 6.40. The number of ether oxygens (including phenoxy) is 1. The van der Waals surface area contributed by atoms with E-state index in [-0.39, 0.29) is 35.9 Å². The van der Waals surface area contributed by atoms with Crippen LogP contribution >= 0.6 is 0 Å². The van der Waals surface area contributed by atoms with E-state index in [9.17, 15) is 4.79 Å². The molecule has 0 N–H and O–H groups in total. The Labute approximate surface area is 130 Å². The number of likely N-dealkylation sites (tertiary alicyclic amines) is 1. The zero-order valence-electron chi connectivity index (χ0n) is 15.7. The van der Waals surface area contributed by atoms with Crippen LogP contribution < -0.4 is 4.74 Å². The molecule has 1 fully saturated rings. The highest BCUT2D eigenvalue weighted by Gasteiger charge is 2.31. The van der Waals surface area contributed by atoms with Gasteiger partial charge in [0.05, 0.1) is 18.6 Å². The lowest BCUT2D eigenvalue weighted by Gasteiger charge is -2.25. The molecular formula is C17H18N2O2. The number of hydrogen-bond acceptors (Lipinski definition) is 3. The van der Waals surface area contributed by atoms with E-state index < -0.39 is 6.04 Å². The van der Waals surface area contributed by atoms with Crippen LogP contribution in [0, 0.1) is 0 Å². The van der Waals surface area contributed by atoms with Gasteiger partial charge in [0.15, 0.2) is 0 Å². The average Bonchev–Trinajstić information content (AvgIpc) is 2.94. The van der Waals surface area contributed by atoms with Gasteiger partial charge in [0.2, 0.25) is 5.91 Å². The fourth-order valence-electron chi connectivity index (χ4n) is 2.56. The van der Waals surface area contributed by atoms with Crippen molar-refractivity contribution in [1.82, 2.24) is 9.88 Å². The molecule has 1 amide bonds. The maximum atomic E-state index is 12.3. The third-order valence-corrected chi connectivity index (χ3v) is 3.66. The van der Waals surface area contributed by atoms with Crippen LogP contribution in [0.25, 0.3) is 0 Å². The largest absolute Gasteiger partial charge is 0.497 e. The first-order valence-electron chi connectivity index (χ1n) is 8.79. The molecule has 0 saturated carbocycles. The van der Waals surface area contributed by atoms with Gasteiger partial charge in [0.1, 0.15) is 5.75 Å². The number of methoxy groups -OCH3 is 1. The lowest BCUT2D eigenvalue weighted by atomic mass is 10.1. The van der Waals surface area contributed by atoms with E-state index in [1.165, 1.54) is 0 Å². The normalized spacial score (nSPS) is 20.7. The van der Waals surface area contributed by atoms with Gasteiger partial charge >= 0.3 is 0 Å². The van der Waals surface area contributed by atoms with Gasteiger partial charge < -0.3 is 9.64 Å². The van der Waals surface area contributed by atoms with Crippen LogP contribution in [-0.2, 0) is 11.3 Å². The zero-order chi connectivity index (χ0) is 18.1. The summed E-state index contributed by atoms with van der Waals surface area (Å²) in [6.45, 7) is 0.350. The van der Waals surface area contributed by atoms with Crippen molar-refractivity contribution in [2.75, 3.05) is 7.11 Å². The van der Waals surface area contributed by atoms with Crippen molar-refractivity contribution >= 4 is 5.91 Å². The first-order chi connectivity index (χ1) is 11.9. The Morgan fingerprint density at radius 2 is 2.24 bits per heavy atom. The third kappa shape index (κ3) is 2.89. The topological polar surface area (TPSA) is 42.4 Å². The predicted octanol–water partition coefficient (Wildman–Crippen LogP) is 2.95. The van der Waals surface area contributed by atoms with Crippen molar-refractivity contribution in [2.24, 2.45) is 0 Å².